The first-order valence-electron chi connectivity index (χ1n) is 8.88. The molecule has 0 aromatic heterocycles. The van der Waals surface area contributed by atoms with Gasteiger partial charge in [0.05, 0.1) is 32.7 Å². The molecule has 4 heteroatoms. The number of aryl methyl sites for hydroxylation is 1. The third kappa shape index (κ3) is 5.41. The second kappa shape index (κ2) is 8.79. The highest BCUT2D eigenvalue weighted by atomic mass is 32.1. The van der Waals surface area contributed by atoms with Crippen molar-refractivity contribution in [3.8, 4) is 0 Å². The Hall–Kier alpha value is -2.17. The zero-order valence-corrected chi connectivity index (χ0v) is 15.6. The summed E-state index contributed by atoms with van der Waals surface area (Å²) in [7, 11) is 0. The molecule has 3 nitrogen and oxygen atoms in total. The molecular weight excluding hydrogens is 326 g/mol. The molecule has 0 aliphatic carbocycles. The van der Waals surface area contributed by atoms with E-state index >= 15 is 0 Å². The number of nitrogens with zero attached hydrogens (tertiary/aromatic N) is 1. The fourth-order valence-electron chi connectivity index (χ4n) is 3.08. The van der Waals surface area contributed by atoms with Crippen LogP contribution < -0.4 is 10.2 Å². The summed E-state index contributed by atoms with van der Waals surface area (Å²) < 4.78 is 0. The van der Waals surface area contributed by atoms with Gasteiger partial charge < -0.3 is 15.1 Å². The Balaban J connectivity index is 1.43. The molecule has 2 aromatic carbocycles. The minimum absolute atomic E-state index is 0.837. The van der Waals surface area contributed by atoms with Crippen LogP contribution in [-0.2, 0) is 0 Å². The topological polar surface area (TPSA) is 19.7 Å². The fourth-order valence-corrected chi connectivity index (χ4v) is 3.38. The van der Waals surface area contributed by atoms with E-state index < -0.39 is 0 Å². The van der Waals surface area contributed by atoms with E-state index in [1.54, 1.807) is 4.90 Å². The van der Waals surface area contributed by atoms with Gasteiger partial charge in [-0.2, -0.15) is 0 Å². The lowest BCUT2D eigenvalue weighted by atomic mass is 10.2. The number of quaternary nitrogens is 1. The van der Waals surface area contributed by atoms with Gasteiger partial charge in [0.2, 0.25) is 0 Å². The monoisotopic (exact) mass is 352 g/mol. The van der Waals surface area contributed by atoms with Crippen LogP contribution in [-0.4, -0.2) is 42.7 Å². The maximum absolute atomic E-state index is 5.58. The molecule has 1 aliphatic rings. The molecule has 2 aromatic rings. The van der Waals surface area contributed by atoms with E-state index in [1.165, 1.54) is 11.1 Å². The van der Waals surface area contributed by atoms with Crippen LogP contribution in [0.25, 0.3) is 6.08 Å². The van der Waals surface area contributed by atoms with Crippen LogP contribution in [0.5, 0.6) is 0 Å². The van der Waals surface area contributed by atoms with Crippen LogP contribution in [0, 0.1) is 6.92 Å². The van der Waals surface area contributed by atoms with E-state index in [1.807, 2.05) is 0 Å². The molecular formula is C21H26N3S+. The smallest absolute Gasteiger partial charge is 0.173 e. The predicted octanol–water partition coefficient (Wildman–Crippen LogP) is 2.61. The highest BCUT2D eigenvalue weighted by Crippen LogP contribution is 2.10. The molecule has 0 bridgehead atoms. The van der Waals surface area contributed by atoms with Gasteiger partial charge in [-0.25, -0.2) is 0 Å². The summed E-state index contributed by atoms with van der Waals surface area (Å²) in [4.78, 5) is 3.89. The van der Waals surface area contributed by atoms with Crippen molar-refractivity contribution in [2.45, 2.75) is 6.92 Å². The first kappa shape index (κ1) is 17.6. The molecule has 130 valence electrons. The van der Waals surface area contributed by atoms with Gasteiger partial charge in [-0.1, -0.05) is 48.5 Å². The van der Waals surface area contributed by atoms with Gasteiger partial charge in [-0.15, -0.1) is 0 Å². The number of nitrogens with one attached hydrogen (secondary N) is 2. The number of rotatable bonds is 4. The Morgan fingerprint density at radius 1 is 1.12 bits per heavy atom. The van der Waals surface area contributed by atoms with Crippen molar-refractivity contribution in [3.63, 3.8) is 0 Å². The first-order valence-corrected chi connectivity index (χ1v) is 9.29. The molecule has 0 unspecified atom stereocenters. The van der Waals surface area contributed by atoms with E-state index in [-0.39, 0.29) is 0 Å². The largest absolute Gasteiger partial charge is 0.338 e. The first-order chi connectivity index (χ1) is 12.2. The Morgan fingerprint density at radius 2 is 1.88 bits per heavy atom. The molecule has 25 heavy (non-hydrogen) atoms. The van der Waals surface area contributed by atoms with Crippen LogP contribution in [0.15, 0.2) is 60.7 Å². The summed E-state index contributed by atoms with van der Waals surface area (Å²) in [6.07, 6.45) is 4.49. The average molecular weight is 353 g/mol. The molecule has 1 heterocycles. The summed E-state index contributed by atoms with van der Waals surface area (Å²) in [5.41, 5.74) is 3.59. The number of hydrogen-bond acceptors (Lipinski definition) is 1. The van der Waals surface area contributed by atoms with Crippen LogP contribution in [0.1, 0.15) is 11.1 Å². The number of thiocarbonyl (C=S) groups is 1. The molecule has 2 N–H and O–H groups in total. The second-order valence-electron chi connectivity index (χ2n) is 6.55. The number of anilines is 1. The van der Waals surface area contributed by atoms with E-state index in [9.17, 15) is 0 Å². The van der Waals surface area contributed by atoms with Gasteiger partial charge in [0.1, 0.15) is 0 Å². The maximum Gasteiger partial charge on any atom is 0.173 e. The van der Waals surface area contributed by atoms with Gasteiger partial charge in [0.25, 0.3) is 0 Å². The minimum Gasteiger partial charge on any atom is -0.338 e. The Morgan fingerprint density at radius 3 is 2.60 bits per heavy atom. The average Bonchev–Trinajstić information content (AvgIpc) is 2.63. The summed E-state index contributed by atoms with van der Waals surface area (Å²) in [6.45, 7) is 7.42. The van der Waals surface area contributed by atoms with E-state index in [2.05, 4.69) is 83.9 Å². The van der Waals surface area contributed by atoms with E-state index in [4.69, 9.17) is 12.2 Å². The predicted molar refractivity (Wildman–Crippen MR) is 110 cm³/mol. The Kier molecular flexibility index (Phi) is 6.20. The molecule has 0 amide bonds. The number of piperazine rings is 1. The third-order valence-corrected chi connectivity index (χ3v) is 4.90. The highest BCUT2D eigenvalue weighted by molar-refractivity contribution is 7.80. The Bertz CT molecular complexity index is 719. The minimum atomic E-state index is 0.837. The van der Waals surface area contributed by atoms with Gasteiger partial charge >= 0.3 is 0 Å². The van der Waals surface area contributed by atoms with Gasteiger partial charge in [0, 0.05) is 5.69 Å². The van der Waals surface area contributed by atoms with Crippen molar-refractivity contribution in [1.82, 2.24) is 4.90 Å². The van der Waals surface area contributed by atoms with Crippen LogP contribution >= 0.6 is 12.2 Å². The van der Waals surface area contributed by atoms with Crippen molar-refractivity contribution in [2.75, 3.05) is 38.0 Å². The lowest BCUT2D eigenvalue weighted by Gasteiger charge is -2.33. The number of benzene rings is 2. The van der Waals surface area contributed by atoms with Crippen LogP contribution in [0.4, 0.5) is 5.69 Å². The SMILES string of the molecule is Cc1cccc(NC(=S)N2CC[NH+](C/C=C/c3ccccc3)CC2)c1. The molecule has 0 saturated carbocycles. The third-order valence-electron chi connectivity index (χ3n) is 4.54. The summed E-state index contributed by atoms with van der Waals surface area (Å²) in [6, 6.07) is 18.8. The number of hydrogen-bond donors (Lipinski definition) is 2. The lowest BCUT2D eigenvalue weighted by molar-refractivity contribution is -0.897. The zero-order valence-electron chi connectivity index (χ0n) is 14.7. The maximum atomic E-state index is 5.58. The fraction of sp³-hybridized carbons (Fsp3) is 0.286. The summed E-state index contributed by atoms with van der Waals surface area (Å²) in [5.74, 6) is 0. The van der Waals surface area contributed by atoms with Crippen molar-refractivity contribution >= 4 is 29.1 Å². The summed E-state index contributed by atoms with van der Waals surface area (Å²) >= 11 is 5.58. The second-order valence-corrected chi connectivity index (χ2v) is 6.94. The molecule has 0 atom stereocenters. The van der Waals surface area contributed by atoms with Gasteiger partial charge in [0.15, 0.2) is 5.11 Å². The van der Waals surface area contributed by atoms with E-state index in [0.717, 1.165) is 43.5 Å². The molecule has 0 radical (unpaired) electrons. The van der Waals surface area contributed by atoms with Crippen molar-refractivity contribution in [1.29, 1.82) is 0 Å². The summed E-state index contributed by atoms with van der Waals surface area (Å²) in [5, 5.41) is 4.20. The van der Waals surface area contributed by atoms with Crippen molar-refractivity contribution in [2.24, 2.45) is 0 Å². The van der Waals surface area contributed by atoms with Gasteiger partial charge in [-0.05, 0) is 48.5 Å². The quantitative estimate of drug-likeness (QED) is 0.826. The molecule has 1 aliphatic heterocycles. The van der Waals surface area contributed by atoms with Crippen molar-refractivity contribution in [3.05, 3.63) is 71.8 Å². The van der Waals surface area contributed by atoms with Crippen LogP contribution in [0.2, 0.25) is 0 Å². The lowest BCUT2D eigenvalue weighted by Crippen LogP contribution is -3.14. The molecule has 3 rings (SSSR count). The normalized spacial score (nSPS) is 15.5. The van der Waals surface area contributed by atoms with Crippen molar-refractivity contribution < 1.29 is 4.90 Å². The molecule has 0 spiro atoms. The van der Waals surface area contributed by atoms with Gasteiger partial charge in [-0.3, -0.25) is 0 Å². The van der Waals surface area contributed by atoms with E-state index in [0.29, 0.717) is 0 Å². The van der Waals surface area contributed by atoms with Crippen LogP contribution in [0.3, 0.4) is 0 Å². The standard InChI is InChI=1S/C21H25N3S/c1-18-7-5-11-20(17-18)22-21(25)24-15-13-23(14-16-24)12-6-10-19-8-3-2-4-9-19/h2-11,17H,12-16H2,1H3,(H,22,25)/p+1/b10-6+. The zero-order chi connectivity index (χ0) is 17.5. The Labute approximate surface area is 156 Å². The molecule has 1 saturated heterocycles. The molecule has 1 fully saturated rings. The highest BCUT2D eigenvalue weighted by Gasteiger charge is 2.20.